The molecule has 29 heavy (non-hydrogen) atoms. The monoisotopic (exact) mass is 427 g/mol. The Kier molecular flexibility index (Phi) is 4.95. The van der Waals surface area contributed by atoms with E-state index in [0.29, 0.717) is 11.0 Å². The van der Waals surface area contributed by atoms with Crippen LogP contribution in [0.2, 0.25) is 0 Å². The van der Waals surface area contributed by atoms with Gasteiger partial charge in [-0.1, -0.05) is 42.5 Å². The maximum Gasteiger partial charge on any atom is 0.269 e. The summed E-state index contributed by atoms with van der Waals surface area (Å²) in [5, 5.41) is 0. The molecule has 0 amide bonds. The Morgan fingerprint density at radius 2 is 1.38 bits per heavy atom. The second kappa shape index (κ2) is 7.43. The molecule has 0 radical (unpaired) electrons. The Balaban J connectivity index is 1.60. The van der Waals surface area contributed by atoms with Gasteiger partial charge >= 0.3 is 0 Å². The van der Waals surface area contributed by atoms with Gasteiger partial charge < -0.3 is 0 Å². The van der Waals surface area contributed by atoms with Crippen molar-refractivity contribution in [2.45, 2.75) is 16.3 Å². The van der Waals surface area contributed by atoms with Crippen LogP contribution in [0.15, 0.2) is 95.0 Å². The molecule has 0 unspecified atom stereocenters. The summed E-state index contributed by atoms with van der Waals surface area (Å²) in [5.74, 6) is 0. The molecule has 0 aliphatic rings. The van der Waals surface area contributed by atoms with Gasteiger partial charge in [0.05, 0.1) is 20.8 Å². The number of imidazole rings is 1. The van der Waals surface area contributed by atoms with E-state index in [-0.39, 0.29) is 16.3 Å². The highest BCUT2D eigenvalue weighted by atomic mass is 32.2. The standard InChI is InChI=1S/C20H17N3O4S2/c24-28(25,22-14-16-6-2-1-3-7-16)17-10-12-18(13-11-17)29(26,27)23-15-21-19-8-4-5-9-20(19)23/h1-13,15,22H,14H2. The van der Waals surface area contributed by atoms with Gasteiger partial charge in [-0.25, -0.2) is 30.5 Å². The molecular weight excluding hydrogens is 410 g/mol. The molecular formula is C20H17N3O4S2. The van der Waals surface area contributed by atoms with E-state index in [0.717, 1.165) is 9.54 Å². The zero-order valence-electron chi connectivity index (χ0n) is 15.1. The first-order valence-electron chi connectivity index (χ1n) is 8.69. The van der Waals surface area contributed by atoms with E-state index in [2.05, 4.69) is 9.71 Å². The van der Waals surface area contributed by atoms with Crippen molar-refractivity contribution in [3.8, 4) is 0 Å². The quantitative estimate of drug-likeness (QED) is 0.510. The number of nitrogens with zero attached hydrogens (tertiary/aromatic N) is 2. The molecule has 1 heterocycles. The zero-order chi connectivity index (χ0) is 20.5. The SMILES string of the molecule is O=S(=O)(NCc1ccccc1)c1ccc(S(=O)(=O)n2cnc3ccccc32)cc1. The van der Waals surface area contributed by atoms with Gasteiger partial charge in [0.25, 0.3) is 10.0 Å². The van der Waals surface area contributed by atoms with Crippen molar-refractivity contribution < 1.29 is 16.8 Å². The fraction of sp³-hybridized carbons (Fsp3) is 0.0500. The highest BCUT2D eigenvalue weighted by Gasteiger charge is 2.21. The molecule has 0 aliphatic carbocycles. The lowest BCUT2D eigenvalue weighted by molar-refractivity contribution is 0.579. The number of para-hydroxylation sites is 2. The van der Waals surface area contributed by atoms with Gasteiger partial charge in [0.2, 0.25) is 10.0 Å². The molecule has 4 aromatic rings. The maximum absolute atomic E-state index is 12.9. The van der Waals surface area contributed by atoms with Crippen LogP contribution in [0, 0.1) is 0 Å². The normalized spacial score (nSPS) is 12.3. The summed E-state index contributed by atoms with van der Waals surface area (Å²) in [5.41, 5.74) is 1.83. The first-order chi connectivity index (χ1) is 13.9. The predicted octanol–water partition coefficient (Wildman–Crippen LogP) is 2.75. The van der Waals surface area contributed by atoms with Crippen LogP contribution in [0.25, 0.3) is 11.0 Å². The average molecular weight is 428 g/mol. The van der Waals surface area contributed by atoms with Crippen LogP contribution in [0.1, 0.15) is 5.56 Å². The van der Waals surface area contributed by atoms with Gasteiger partial charge in [0.1, 0.15) is 6.33 Å². The molecule has 3 aromatic carbocycles. The lowest BCUT2D eigenvalue weighted by atomic mass is 10.2. The van der Waals surface area contributed by atoms with E-state index in [4.69, 9.17) is 0 Å². The highest BCUT2D eigenvalue weighted by molar-refractivity contribution is 7.90. The van der Waals surface area contributed by atoms with Crippen LogP contribution in [0.3, 0.4) is 0 Å². The van der Waals surface area contributed by atoms with Crippen LogP contribution in [-0.4, -0.2) is 25.8 Å². The van der Waals surface area contributed by atoms with Crippen LogP contribution in [0.4, 0.5) is 0 Å². The van der Waals surface area contributed by atoms with E-state index in [1.54, 1.807) is 24.3 Å². The van der Waals surface area contributed by atoms with Crippen LogP contribution in [-0.2, 0) is 26.6 Å². The minimum Gasteiger partial charge on any atom is -0.236 e. The Morgan fingerprint density at radius 3 is 2.10 bits per heavy atom. The molecule has 1 N–H and O–H groups in total. The molecule has 0 saturated heterocycles. The predicted molar refractivity (Wildman–Crippen MR) is 109 cm³/mol. The van der Waals surface area contributed by atoms with E-state index < -0.39 is 20.0 Å². The number of nitrogens with one attached hydrogen (secondary N) is 1. The van der Waals surface area contributed by atoms with Crippen molar-refractivity contribution in [3.63, 3.8) is 0 Å². The number of hydrogen-bond acceptors (Lipinski definition) is 5. The average Bonchev–Trinajstić information content (AvgIpc) is 3.18. The summed E-state index contributed by atoms with van der Waals surface area (Å²) in [4.78, 5) is 4.06. The Morgan fingerprint density at radius 1 is 0.759 bits per heavy atom. The number of fused-ring (bicyclic) bond motifs is 1. The van der Waals surface area contributed by atoms with E-state index in [1.165, 1.54) is 30.6 Å². The summed E-state index contributed by atoms with van der Waals surface area (Å²) >= 11 is 0. The summed E-state index contributed by atoms with van der Waals surface area (Å²) in [6.45, 7) is 0.143. The van der Waals surface area contributed by atoms with E-state index >= 15 is 0 Å². The van der Waals surface area contributed by atoms with E-state index in [9.17, 15) is 16.8 Å². The number of hydrogen-bond donors (Lipinski definition) is 1. The molecule has 7 nitrogen and oxygen atoms in total. The lowest BCUT2D eigenvalue weighted by Gasteiger charge is -2.09. The summed E-state index contributed by atoms with van der Waals surface area (Å²) in [7, 11) is -7.67. The molecule has 4 rings (SSSR count). The van der Waals surface area contributed by atoms with Crippen LogP contribution >= 0.6 is 0 Å². The van der Waals surface area contributed by atoms with Crippen molar-refractivity contribution in [1.29, 1.82) is 0 Å². The van der Waals surface area contributed by atoms with Gasteiger partial charge in [0, 0.05) is 6.54 Å². The van der Waals surface area contributed by atoms with E-state index in [1.807, 2.05) is 30.3 Å². The number of rotatable bonds is 6. The maximum atomic E-state index is 12.9. The zero-order valence-corrected chi connectivity index (χ0v) is 16.8. The topological polar surface area (TPSA) is 98.1 Å². The van der Waals surface area contributed by atoms with Crippen molar-refractivity contribution in [2.24, 2.45) is 0 Å². The third-order valence-corrected chi connectivity index (χ3v) is 7.51. The van der Waals surface area contributed by atoms with Crippen molar-refractivity contribution in [1.82, 2.24) is 13.7 Å². The molecule has 0 aliphatic heterocycles. The van der Waals surface area contributed by atoms with Gasteiger partial charge in [0.15, 0.2) is 0 Å². The Labute approximate surface area is 168 Å². The highest BCUT2D eigenvalue weighted by Crippen LogP contribution is 2.21. The largest absolute Gasteiger partial charge is 0.269 e. The molecule has 0 fully saturated rings. The van der Waals surface area contributed by atoms with Crippen LogP contribution in [0.5, 0.6) is 0 Å². The smallest absolute Gasteiger partial charge is 0.236 e. The van der Waals surface area contributed by atoms with Gasteiger partial charge in [-0.2, -0.15) is 0 Å². The number of sulfonamides is 1. The molecule has 148 valence electrons. The molecule has 1 aromatic heterocycles. The second-order valence-corrected chi connectivity index (χ2v) is 9.90. The Bertz CT molecular complexity index is 1360. The fourth-order valence-electron chi connectivity index (χ4n) is 2.89. The summed E-state index contributed by atoms with van der Waals surface area (Å²) in [6.07, 6.45) is 1.24. The molecule has 0 bridgehead atoms. The number of aromatic nitrogens is 2. The number of benzene rings is 3. The minimum atomic E-state index is -3.90. The lowest BCUT2D eigenvalue weighted by Crippen LogP contribution is -2.23. The van der Waals surface area contributed by atoms with Gasteiger partial charge in [-0.15, -0.1) is 0 Å². The first kappa shape index (κ1) is 19.3. The fourth-order valence-corrected chi connectivity index (χ4v) is 5.20. The third kappa shape index (κ3) is 3.80. The first-order valence-corrected chi connectivity index (χ1v) is 11.6. The summed E-state index contributed by atoms with van der Waals surface area (Å²) in [6, 6.07) is 21.1. The van der Waals surface area contributed by atoms with Gasteiger partial charge in [-0.3, -0.25) is 0 Å². The molecule has 9 heteroatoms. The Hall–Kier alpha value is -3.01. The summed E-state index contributed by atoms with van der Waals surface area (Å²) < 4.78 is 54.5. The second-order valence-electron chi connectivity index (χ2n) is 6.32. The third-order valence-electron chi connectivity index (χ3n) is 4.42. The van der Waals surface area contributed by atoms with Crippen molar-refractivity contribution in [2.75, 3.05) is 0 Å². The van der Waals surface area contributed by atoms with Crippen molar-refractivity contribution in [3.05, 3.63) is 90.8 Å². The molecule has 0 saturated carbocycles. The van der Waals surface area contributed by atoms with Crippen molar-refractivity contribution >= 4 is 31.1 Å². The molecule has 0 spiro atoms. The minimum absolute atomic E-state index is 0.0112. The van der Waals surface area contributed by atoms with Crippen LogP contribution < -0.4 is 4.72 Å². The van der Waals surface area contributed by atoms with Gasteiger partial charge in [-0.05, 0) is 42.0 Å². The molecule has 0 atom stereocenters.